The van der Waals surface area contributed by atoms with Crippen molar-refractivity contribution in [2.75, 3.05) is 6.61 Å². The van der Waals surface area contributed by atoms with Gasteiger partial charge < -0.3 is 9.84 Å². The molecule has 4 nitrogen and oxygen atoms in total. The Balaban J connectivity index is 2.22. The molecule has 0 spiro atoms. The number of hydrogen-bond donors (Lipinski definition) is 1. The molecule has 0 aliphatic carbocycles. The van der Waals surface area contributed by atoms with Gasteiger partial charge in [-0.2, -0.15) is 0 Å². The van der Waals surface area contributed by atoms with Gasteiger partial charge in [-0.1, -0.05) is 12.1 Å². The Morgan fingerprint density at radius 2 is 2.00 bits per heavy atom. The summed E-state index contributed by atoms with van der Waals surface area (Å²) in [5, 5.41) is 8.71. The normalized spacial score (nSPS) is 17.5. The number of carboxylic acids is 1. The first-order valence-electron chi connectivity index (χ1n) is 4.88. The van der Waals surface area contributed by atoms with Crippen LogP contribution in [0.15, 0.2) is 29.8 Å². The zero-order chi connectivity index (χ0) is 11.5. The number of ether oxygens (including phenoxy) is 1. The van der Waals surface area contributed by atoms with E-state index in [2.05, 4.69) is 0 Å². The fourth-order valence-electron chi connectivity index (χ4n) is 1.50. The Hall–Kier alpha value is -2.10. The van der Waals surface area contributed by atoms with Crippen molar-refractivity contribution < 1.29 is 19.4 Å². The first-order valence-corrected chi connectivity index (χ1v) is 4.88. The van der Waals surface area contributed by atoms with Gasteiger partial charge in [-0.05, 0) is 23.8 Å². The van der Waals surface area contributed by atoms with Crippen LogP contribution in [0.3, 0.4) is 0 Å². The summed E-state index contributed by atoms with van der Waals surface area (Å²) >= 11 is 0. The third-order valence-electron chi connectivity index (χ3n) is 2.37. The molecule has 1 fully saturated rings. The van der Waals surface area contributed by atoms with E-state index in [1.54, 1.807) is 18.2 Å². The zero-order valence-corrected chi connectivity index (χ0v) is 8.47. The molecule has 0 saturated carbocycles. The van der Waals surface area contributed by atoms with Crippen LogP contribution < -0.4 is 0 Å². The SMILES string of the molecule is O=C1OCC/C1=C\c1ccc(C(=O)O)cc1. The van der Waals surface area contributed by atoms with E-state index in [0.29, 0.717) is 18.6 Å². The lowest BCUT2D eigenvalue weighted by atomic mass is 10.1. The Kier molecular flexibility index (Phi) is 2.72. The summed E-state index contributed by atoms with van der Waals surface area (Å²) in [6, 6.07) is 6.36. The third-order valence-corrected chi connectivity index (χ3v) is 2.37. The van der Waals surface area contributed by atoms with Crippen molar-refractivity contribution in [2.24, 2.45) is 0 Å². The fraction of sp³-hybridized carbons (Fsp3) is 0.167. The molecule has 1 saturated heterocycles. The lowest BCUT2D eigenvalue weighted by Gasteiger charge is -1.97. The van der Waals surface area contributed by atoms with Crippen molar-refractivity contribution in [1.82, 2.24) is 0 Å². The second-order valence-corrected chi connectivity index (χ2v) is 3.48. The van der Waals surface area contributed by atoms with Gasteiger partial charge in [-0.25, -0.2) is 9.59 Å². The highest BCUT2D eigenvalue weighted by Gasteiger charge is 2.18. The first-order chi connectivity index (χ1) is 7.66. The minimum atomic E-state index is -0.959. The van der Waals surface area contributed by atoms with Crippen molar-refractivity contribution in [3.8, 4) is 0 Å². The largest absolute Gasteiger partial charge is 0.478 e. The molecule has 0 amide bonds. The van der Waals surface area contributed by atoms with Crippen LogP contribution in [0.4, 0.5) is 0 Å². The summed E-state index contributed by atoms with van der Waals surface area (Å²) in [5.41, 5.74) is 1.66. The highest BCUT2D eigenvalue weighted by molar-refractivity contribution is 5.95. The molecule has 0 bridgehead atoms. The van der Waals surface area contributed by atoms with Gasteiger partial charge in [0.2, 0.25) is 0 Å². The average Bonchev–Trinajstić information content (AvgIpc) is 2.65. The molecule has 0 aromatic heterocycles. The van der Waals surface area contributed by atoms with E-state index in [1.807, 2.05) is 0 Å². The Labute approximate surface area is 92.2 Å². The van der Waals surface area contributed by atoms with E-state index in [-0.39, 0.29) is 11.5 Å². The van der Waals surface area contributed by atoms with Crippen molar-refractivity contribution in [3.05, 3.63) is 41.0 Å². The number of esters is 1. The van der Waals surface area contributed by atoms with Crippen LogP contribution in [0.25, 0.3) is 6.08 Å². The number of benzene rings is 1. The molecule has 4 heteroatoms. The summed E-state index contributed by atoms with van der Waals surface area (Å²) in [5.74, 6) is -1.25. The minimum Gasteiger partial charge on any atom is -0.478 e. The molecule has 16 heavy (non-hydrogen) atoms. The van der Waals surface area contributed by atoms with Gasteiger partial charge >= 0.3 is 11.9 Å². The van der Waals surface area contributed by atoms with Gasteiger partial charge in [0.25, 0.3) is 0 Å². The molecular formula is C12H10O4. The third kappa shape index (κ3) is 2.11. The van der Waals surface area contributed by atoms with Gasteiger partial charge in [-0.15, -0.1) is 0 Å². The van der Waals surface area contributed by atoms with Crippen LogP contribution in [-0.2, 0) is 9.53 Å². The molecule has 0 atom stereocenters. The number of carbonyl (C=O) groups is 2. The molecule has 1 heterocycles. The standard InChI is InChI=1S/C12H10O4/c13-11(14)9-3-1-8(2-4-9)7-10-5-6-16-12(10)15/h1-4,7H,5-6H2,(H,13,14)/b10-7+. The van der Waals surface area contributed by atoms with Crippen LogP contribution in [0.5, 0.6) is 0 Å². The van der Waals surface area contributed by atoms with Gasteiger partial charge in [0.1, 0.15) is 0 Å². The predicted octanol–water partition coefficient (Wildman–Crippen LogP) is 1.72. The topological polar surface area (TPSA) is 63.6 Å². The monoisotopic (exact) mass is 218 g/mol. The van der Waals surface area contributed by atoms with E-state index < -0.39 is 5.97 Å². The highest BCUT2D eigenvalue weighted by atomic mass is 16.5. The maximum Gasteiger partial charge on any atom is 0.335 e. The quantitative estimate of drug-likeness (QED) is 0.606. The molecule has 2 rings (SSSR count). The van der Waals surface area contributed by atoms with E-state index in [1.165, 1.54) is 12.1 Å². The Morgan fingerprint density at radius 1 is 1.31 bits per heavy atom. The van der Waals surface area contributed by atoms with Crippen LogP contribution in [0, 0.1) is 0 Å². The minimum absolute atomic E-state index is 0.233. The zero-order valence-electron chi connectivity index (χ0n) is 8.47. The first kappa shape index (κ1) is 10.4. The number of hydrogen-bond acceptors (Lipinski definition) is 3. The Bertz CT molecular complexity index is 456. The van der Waals surface area contributed by atoms with Gasteiger partial charge in [0.15, 0.2) is 0 Å². The van der Waals surface area contributed by atoms with Crippen molar-refractivity contribution in [1.29, 1.82) is 0 Å². The fourth-order valence-corrected chi connectivity index (χ4v) is 1.50. The van der Waals surface area contributed by atoms with Crippen LogP contribution >= 0.6 is 0 Å². The lowest BCUT2D eigenvalue weighted by Crippen LogP contribution is -1.96. The molecule has 1 aliphatic rings. The smallest absolute Gasteiger partial charge is 0.335 e. The average molecular weight is 218 g/mol. The lowest BCUT2D eigenvalue weighted by molar-refractivity contribution is -0.134. The summed E-state index contributed by atoms with van der Waals surface area (Å²) in [4.78, 5) is 21.8. The number of aromatic carboxylic acids is 1. The van der Waals surface area contributed by atoms with E-state index >= 15 is 0 Å². The van der Waals surface area contributed by atoms with Gasteiger partial charge in [0.05, 0.1) is 12.2 Å². The molecule has 0 radical (unpaired) electrons. The second kappa shape index (κ2) is 4.18. The van der Waals surface area contributed by atoms with E-state index in [9.17, 15) is 9.59 Å². The van der Waals surface area contributed by atoms with Crippen molar-refractivity contribution in [2.45, 2.75) is 6.42 Å². The number of rotatable bonds is 2. The maximum atomic E-state index is 11.2. The molecule has 82 valence electrons. The van der Waals surface area contributed by atoms with Crippen LogP contribution in [-0.4, -0.2) is 23.7 Å². The number of cyclic esters (lactones) is 1. The summed E-state index contributed by atoms with van der Waals surface area (Å²) in [6.45, 7) is 0.428. The van der Waals surface area contributed by atoms with Gasteiger partial charge in [-0.3, -0.25) is 0 Å². The van der Waals surface area contributed by atoms with Gasteiger partial charge in [0, 0.05) is 12.0 Å². The Morgan fingerprint density at radius 3 is 2.50 bits per heavy atom. The summed E-state index contributed by atoms with van der Waals surface area (Å²) in [7, 11) is 0. The summed E-state index contributed by atoms with van der Waals surface area (Å²) in [6.07, 6.45) is 2.33. The van der Waals surface area contributed by atoms with Crippen LogP contribution in [0.2, 0.25) is 0 Å². The number of carboxylic acid groups (broad SMARTS) is 1. The number of carbonyl (C=O) groups excluding carboxylic acids is 1. The maximum absolute atomic E-state index is 11.2. The molecule has 0 unspecified atom stereocenters. The van der Waals surface area contributed by atoms with Crippen molar-refractivity contribution >= 4 is 18.0 Å². The van der Waals surface area contributed by atoms with Crippen molar-refractivity contribution in [3.63, 3.8) is 0 Å². The van der Waals surface area contributed by atoms with E-state index in [4.69, 9.17) is 9.84 Å². The highest BCUT2D eigenvalue weighted by Crippen LogP contribution is 2.17. The molecule has 1 aromatic rings. The molecular weight excluding hydrogens is 208 g/mol. The molecule has 1 N–H and O–H groups in total. The van der Waals surface area contributed by atoms with E-state index in [0.717, 1.165) is 5.56 Å². The predicted molar refractivity (Wildman–Crippen MR) is 57.0 cm³/mol. The molecule has 1 aliphatic heterocycles. The summed E-state index contributed by atoms with van der Waals surface area (Å²) < 4.78 is 4.80. The second-order valence-electron chi connectivity index (χ2n) is 3.48. The molecule has 1 aromatic carbocycles. The van der Waals surface area contributed by atoms with Crippen LogP contribution in [0.1, 0.15) is 22.3 Å².